The van der Waals surface area contributed by atoms with Crippen LogP contribution in [0.25, 0.3) is 11.5 Å². The molecule has 17 heavy (non-hydrogen) atoms. The average molecular weight is 233 g/mol. The molecule has 0 aliphatic heterocycles. The summed E-state index contributed by atoms with van der Waals surface area (Å²) < 4.78 is 10.1. The molecule has 0 bridgehead atoms. The molecule has 0 saturated carbocycles. The van der Waals surface area contributed by atoms with Gasteiger partial charge in [-0.2, -0.15) is 4.98 Å². The molecule has 0 amide bonds. The van der Waals surface area contributed by atoms with Gasteiger partial charge in [0, 0.05) is 24.8 Å². The van der Waals surface area contributed by atoms with Crippen LogP contribution in [0, 0.1) is 6.92 Å². The van der Waals surface area contributed by atoms with Gasteiger partial charge in [-0.15, -0.1) is 0 Å². The lowest BCUT2D eigenvalue weighted by molar-refractivity contribution is 0.199. The number of hydrogen-bond donors (Lipinski definition) is 1. The normalized spacial score (nSPS) is 10.7. The third kappa shape index (κ3) is 2.62. The predicted molar refractivity (Wildman–Crippen MR) is 64.5 cm³/mol. The SMILES string of the molecule is COCCc1noc(-c2ccc(N)c(C)c2)n1. The zero-order valence-electron chi connectivity index (χ0n) is 9.93. The van der Waals surface area contributed by atoms with E-state index in [0.717, 1.165) is 16.8 Å². The minimum absolute atomic E-state index is 0.513. The molecule has 0 radical (unpaired) electrons. The molecular weight excluding hydrogens is 218 g/mol. The molecule has 0 spiro atoms. The van der Waals surface area contributed by atoms with Gasteiger partial charge in [0.05, 0.1) is 6.61 Å². The van der Waals surface area contributed by atoms with Crippen molar-refractivity contribution in [1.29, 1.82) is 0 Å². The quantitative estimate of drug-likeness (QED) is 0.815. The summed E-state index contributed by atoms with van der Waals surface area (Å²) >= 11 is 0. The van der Waals surface area contributed by atoms with Gasteiger partial charge in [0.25, 0.3) is 5.89 Å². The molecule has 1 heterocycles. The first-order valence-electron chi connectivity index (χ1n) is 5.38. The van der Waals surface area contributed by atoms with Crippen molar-refractivity contribution in [1.82, 2.24) is 10.1 Å². The van der Waals surface area contributed by atoms with Crippen LogP contribution in [0.1, 0.15) is 11.4 Å². The molecule has 0 unspecified atom stereocenters. The highest BCUT2D eigenvalue weighted by atomic mass is 16.5. The number of benzene rings is 1. The van der Waals surface area contributed by atoms with Crippen LogP contribution in [0.2, 0.25) is 0 Å². The summed E-state index contributed by atoms with van der Waals surface area (Å²) in [6.07, 6.45) is 0.647. The highest BCUT2D eigenvalue weighted by molar-refractivity contribution is 5.60. The van der Waals surface area contributed by atoms with Crippen LogP contribution < -0.4 is 5.73 Å². The lowest BCUT2D eigenvalue weighted by Gasteiger charge is -2.00. The smallest absolute Gasteiger partial charge is 0.257 e. The number of nitrogens with two attached hydrogens (primary N) is 1. The number of rotatable bonds is 4. The lowest BCUT2D eigenvalue weighted by atomic mass is 10.1. The molecule has 0 aliphatic rings. The summed E-state index contributed by atoms with van der Waals surface area (Å²) in [4.78, 5) is 4.29. The molecule has 2 N–H and O–H groups in total. The highest BCUT2D eigenvalue weighted by Crippen LogP contribution is 2.21. The molecule has 1 aromatic carbocycles. The van der Waals surface area contributed by atoms with Crippen LogP contribution in [0.4, 0.5) is 5.69 Å². The number of nitrogens with zero attached hydrogens (tertiary/aromatic N) is 2. The van der Waals surface area contributed by atoms with Crippen LogP contribution >= 0.6 is 0 Å². The first-order valence-corrected chi connectivity index (χ1v) is 5.38. The molecular formula is C12H15N3O2. The number of methoxy groups -OCH3 is 1. The van der Waals surface area contributed by atoms with Gasteiger partial charge in [-0.25, -0.2) is 0 Å². The van der Waals surface area contributed by atoms with Crippen LogP contribution in [0.15, 0.2) is 22.7 Å². The maximum absolute atomic E-state index is 5.75. The zero-order valence-corrected chi connectivity index (χ0v) is 9.93. The number of anilines is 1. The van der Waals surface area contributed by atoms with Crippen molar-refractivity contribution in [2.45, 2.75) is 13.3 Å². The van der Waals surface area contributed by atoms with E-state index in [1.54, 1.807) is 7.11 Å². The van der Waals surface area contributed by atoms with Gasteiger partial charge in [-0.3, -0.25) is 0 Å². The second-order valence-corrected chi connectivity index (χ2v) is 3.83. The van der Waals surface area contributed by atoms with Crippen LogP contribution in [-0.4, -0.2) is 23.9 Å². The number of hydrogen-bond acceptors (Lipinski definition) is 5. The maximum Gasteiger partial charge on any atom is 0.257 e. The summed E-state index contributed by atoms with van der Waals surface area (Å²) in [6, 6.07) is 5.64. The summed E-state index contributed by atoms with van der Waals surface area (Å²) in [5.74, 6) is 1.16. The van der Waals surface area contributed by atoms with E-state index in [1.165, 1.54) is 0 Å². The van der Waals surface area contributed by atoms with Gasteiger partial charge in [-0.05, 0) is 30.7 Å². The largest absolute Gasteiger partial charge is 0.399 e. The standard InChI is InChI=1S/C12H15N3O2/c1-8-7-9(3-4-10(8)13)12-14-11(15-17-12)5-6-16-2/h3-4,7H,5-6,13H2,1-2H3. The second-order valence-electron chi connectivity index (χ2n) is 3.83. The minimum Gasteiger partial charge on any atom is -0.399 e. The van der Waals surface area contributed by atoms with Crippen LogP contribution in [0.5, 0.6) is 0 Å². The third-order valence-corrected chi connectivity index (χ3v) is 2.51. The Hall–Kier alpha value is -1.88. The molecule has 0 atom stereocenters. The number of ether oxygens (including phenoxy) is 1. The van der Waals surface area contributed by atoms with Gasteiger partial charge >= 0.3 is 0 Å². The third-order valence-electron chi connectivity index (χ3n) is 2.51. The first kappa shape index (κ1) is 11.6. The van der Waals surface area contributed by atoms with Crippen molar-refractivity contribution in [3.63, 3.8) is 0 Å². The monoisotopic (exact) mass is 233 g/mol. The number of aromatic nitrogens is 2. The van der Waals surface area contributed by atoms with Crippen molar-refractivity contribution >= 4 is 5.69 Å². The fraction of sp³-hybridized carbons (Fsp3) is 0.333. The topological polar surface area (TPSA) is 74.2 Å². The maximum atomic E-state index is 5.75. The Kier molecular flexibility index (Phi) is 3.39. The molecule has 1 aromatic heterocycles. The fourth-order valence-corrected chi connectivity index (χ4v) is 1.47. The highest BCUT2D eigenvalue weighted by Gasteiger charge is 2.09. The fourth-order valence-electron chi connectivity index (χ4n) is 1.47. The van der Waals surface area contributed by atoms with E-state index in [-0.39, 0.29) is 0 Å². The van der Waals surface area contributed by atoms with E-state index >= 15 is 0 Å². The Labute approximate surface area is 99.6 Å². The number of nitrogen functional groups attached to an aromatic ring is 1. The van der Waals surface area contributed by atoms with Crippen molar-refractivity contribution in [2.75, 3.05) is 19.5 Å². The van der Waals surface area contributed by atoms with Gasteiger partial charge < -0.3 is 15.0 Å². The van der Waals surface area contributed by atoms with Crippen LogP contribution in [0.3, 0.4) is 0 Å². The summed E-state index contributed by atoms with van der Waals surface area (Å²) in [6.45, 7) is 2.53. The molecule has 90 valence electrons. The van der Waals surface area contributed by atoms with E-state index in [4.69, 9.17) is 15.0 Å². The second kappa shape index (κ2) is 4.97. The van der Waals surface area contributed by atoms with Crippen molar-refractivity contribution in [3.8, 4) is 11.5 Å². The van der Waals surface area contributed by atoms with Crippen molar-refractivity contribution in [3.05, 3.63) is 29.6 Å². The van der Waals surface area contributed by atoms with E-state index in [2.05, 4.69) is 10.1 Å². The summed E-state index contributed by atoms with van der Waals surface area (Å²) in [5, 5.41) is 3.88. The van der Waals surface area contributed by atoms with Crippen molar-refractivity contribution in [2.24, 2.45) is 0 Å². The summed E-state index contributed by atoms with van der Waals surface area (Å²) in [7, 11) is 1.64. The Morgan fingerprint density at radius 3 is 2.94 bits per heavy atom. The predicted octanol–water partition coefficient (Wildman–Crippen LogP) is 1.82. The molecule has 5 heteroatoms. The molecule has 0 saturated heterocycles. The molecule has 0 aliphatic carbocycles. The van der Waals surface area contributed by atoms with E-state index in [9.17, 15) is 0 Å². The number of aryl methyl sites for hydroxylation is 1. The molecule has 2 rings (SSSR count). The minimum atomic E-state index is 0.513. The van der Waals surface area contributed by atoms with Gasteiger partial charge in [0.2, 0.25) is 0 Å². The van der Waals surface area contributed by atoms with E-state index < -0.39 is 0 Å². The van der Waals surface area contributed by atoms with E-state index in [1.807, 2.05) is 25.1 Å². The van der Waals surface area contributed by atoms with Gasteiger partial charge in [0.1, 0.15) is 0 Å². The Morgan fingerprint density at radius 1 is 1.41 bits per heavy atom. The molecule has 2 aromatic rings. The van der Waals surface area contributed by atoms with E-state index in [0.29, 0.717) is 24.7 Å². The Balaban J connectivity index is 2.21. The van der Waals surface area contributed by atoms with Crippen LogP contribution in [-0.2, 0) is 11.2 Å². The molecule has 5 nitrogen and oxygen atoms in total. The lowest BCUT2D eigenvalue weighted by Crippen LogP contribution is -1.96. The van der Waals surface area contributed by atoms with Gasteiger partial charge in [-0.1, -0.05) is 5.16 Å². The first-order chi connectivity index (χ1) is 8.20. The molecule has 0 fully saturated rings. The summed E-state index contributed by atoms with van der Waals surface area (Å²) in [5.41, 5.74) is 8.39. The Morgan fingerprint density at radius 2 is 2.24 bits per heavy atom. The van der Waals surface area contributed by atoms with Gasteiger partial charge in [0.15, 0.2) is 5.82 Å². The Bertz CT molecular complexity index is 508. The zero-order chi connectivity index (χ0) is 12.3. The van der Waals surface area contributed by atoms with Crippen molar-refractivity contribution < 1.29 is 9.26 Å². The average Bonchev–Trinajstić information content (AvgIpc) is 2.79.